The SMILES string of the molecule is CC(C)(CCCC=O)CS(=O)(=O)c1ccc(F)c(OCC(F)F)c1.Cc1ccc(S(=O)(=O)CC(C)(C)CCCCN(C)C2CCC(=O)NC2=O)cc1OCC(F)F.Cl.NC1CCC(=O)NC1=O.[CH2-]C.[I][V]([I])[I]. The summed E-state index contributed by atoms with van der Waals surface area (Å²) in [6.45, 7) is 12.8. The number of carbonyl (C=O) groups is 5. The van der Waals surface area contributed by atoms with E-state index in [0.29, 0.717) is 63.5 Å². The van der Waals surface area contributed by atoms with E-state index in [1.165, 1.54) is 12.1 Å². The fraction of sp³-hybridized carbons (Fsp3) is 0.609. The van der Waals surface area contributed by atoms with Crippen molar-refractivity contribution < 1.29 is 77.2 Å². The first-order chi connectivity index (χ1) is 33.3. The van der Waals surface area contributed by atoms with Crippen LogP contribution in [0.3, 0.4) is 0 Å². The molecule has 73 heavy (non-hydrogen) atoms. The summed E-state index contributed by atoms with van der Waals surface area (Å²) >= 11 is 7.39. The number of aldehydes is 1. The van der Waals surface area contributed by atoms with Gasteiger partial charge in [0.15, 0.2) is 31.2 Å². The van der Waals surface area contributed by atoms with Crippen LogP contribution in [0.1, 0.15) is 104 Å². The number of hydrogen-bond acceptors (Lipinski definition) is 13. The first-order valence-corrected chi connectivity index (χ1v) is 39.4. The van der Waals surface area contributed by atoms with Gasteiger partial charge in [0, 0.05) is 25.3 Å². The molecule has 2 unspecified atom stereocenters. The van der Waals surface area contributed by atoms with Gasteiger partial charge < -0.3 is 26.9 Å². The van der Waals surface area contributed by atoms with Crippen molar-refractivity contribution in [1.29, 1.82) is 0 Å². The molecule has 2 aliphatic rings. The first-order valence-electron chi connectivity index (χ1n) is 22.5. The molecule has 2 fully saturated rings. The Bertz CT molecular complexity index is 2280. The molecule has 2 aliphatic heterocycles. The molecule has 27 heteroatoms. The van der Waals surface area contributed by atoms with E-state index in [0.717, 1.165) is 37.3 Å². The average Bonchev–Trinajstić information content (AvgIpc) is 3.26. The zero-order valence-corrected chi connectivity index (χ0v) is 52.2. The molecule has 4 N–H and O–H groups in total. The minimum absolute atomic E-state index is 0. The predicted molar refractivity (Wildman–Crippen MR) is 296 cm³/mol. The van der Waals surface area contributed by atoms with E-state index < -0.39 is 74.2 Å². The number of rotatable bonds is 22. The third-order valence-electron chi connectivity index (χ3n) is 10.5. The van der Waals surface area contributed by atoms with Crippen LogP contribution in [-0.4, -0.2) is 115 Å². The molecule has 0 bridgehead atoms. The number of sulfone groups is 2. The van der Waals surface area contributed by atoms with Gasteiger partial charge in [-0.1, -0.05) is 40.2 Å². The molecule has 0 aliphatic carbocycles. The van der Waals surface area contributed by atoms with Gasteiger partial charge in [-0.3, -0.25) is 34.7 Å². The molecule has 4 amide bonds. The van der Waals surface area contributed by atoms with E-state index in [1.807, 2.05) is 25.8 Å². The summed E-state index contributed by atoms with van der Waals surface area (Å²) < 4.78 is 123. The third kappa shape index (κ3) is 31.5. The number of ether oxygens (including phenoxy) is 2. The normalized spacial score (nSPS) is 16.0. The van der Waals surface area contributed by atoms with Crippen LogP contribution in [-0.2, 0) is 48.6 Å². The van der Waals surface area contributed by atoms with Crippen LogP contribution in [0.2, 0.25) is 0 Å². The van der Waals surface area contributed by atoms with Gasteiger partial charge in [0.25, 0.3) is 12.9 Å². The number of imide groups is 2. The number of unbranched alkanes of at least 4 members (excludes halogenated alkanes) is 2. The summed E-state index contributed by atoms with van der Waals surface area (Å²) in [7, 11) is -5.55. The summed E-state index contributed by atoms with van der Waals surface area (Å²) in [5.74, 6) is -2.66. The van der Waals surface area contributed by atoms with E-state index in [9.17, 15) is 62.8 Å². The molecule has 0 radical (unpaired) electrons. The van der Waals surface area contributed by atoms with Crippen molar-refractivity contribution in [3.63, 3.8) is 0 Å². The summed E-state index contributed by atoms with van der Waals surface area (Å²) in [6.07, 6.45) is 0.698. The van der Waals surface area contributed by atoms with Crippen LogP contribution in [0.15, 0.2) is 46.2 Å². The molecule has 2 aromatic rings. The van der Waals surface area contributed by atoms with E-state index >= 15 is 0 Å². The second kappa shape index (κ2) is 36.6. The van der Waals surface area contributed by atoms with Crippen molar-refractivity contribution in [1.82, 2.24) is 15.5 Å². The standard InChI is InChI=1S/C23H34F2N2O5S.C16H21F3O4S.C5H8N2O2.C2H5.ClH.3HI.V/c1-16-7-8-17(13-19(16)32-14-20(24)25)33(30,31)15-23(2,3)11-5-6-12-27(4)18-9-10-21(28)26-22(18)29;1-16(2,7-3-4-8-20)11-24(21,22)12-5-6-13(17)14(9-12)23-10-15(18)19;6-3-1-2-4(8)7-5(3)9;1-2;;;;;/h7-8,13,18,20H,5-6,9-12,14-15H2,1-4H3,(H,26,28,29);5-6,8-9,15H,3-4,7,10-11H2,1-2H3;3H,1-2,6H2,(H,7,8,9);1H2,2H3;4*1H;/q;;;-1;;;;;+3/p-3. The van der Waals surface area contributed by atoms with Gasteiger partial charge >= 0.3 is 64.9 Å². The predicted octanol–water partition coefficient (Wildman–Crippen LogP) is 9.65. The number of nitrogens with zero attached hydrogens (tertiary/aromatic N) is 1. The molecule has 2 heterocycles. The molecular formula is C46H69ClF5I3N4O11S2V-. The first kappa shape index (κ1) is 73.6. The Labute approximate surface area is 471 Å². The van der Waals surface area contributed by atoms with Crippen molar-refractivity contribution in [2.45, 2.75) is 140 Å². The van der Waals surface area contributed by atoms with Crippen LogP contribution in [0.5, 0.6) is 11.5 Å². The van der Waals surface area contributed by atoms with Crippen LogP contribution >= 0.6 is 72.3 Å². The maximum absolute atomic E-state index is 13.6. The van der Waals surface area contributed by atoms with Crippen molar-refractivity contribution in [2.75, 3.05) is 38.3 Å². The Morgan fingerprint density at radius 1 is 0.781 bits per heavy atom. The molecule has 420 valence electrons. The fourth-order valence-electron chi connectivity index (χ4n) is 6.96. The Morgan fingerprint density at radius 2 is 1.22 bits per heavy atom. The van der Waals surface area contributed by atoms with Gasteiger partial charge in [0.2, 0.25) is 23.6 Å². The van der Waals surface area contributed by atoms with Gasteiger partial charge in [0.1, 0.15) is 25.2 Å². The summed E-state index contributed by atoms with van der Waals surface area (Å²) in [4.78, 5) is 56.1. The molecule has 15 nitrogen and oxygen atoms in total. The minimum atomic E-state index is -3.76. The summed E-state index contributed by atoms with van der Waals surface area (Å²) in [6, 6.07) is 6.44. The van der Waals surface area contributed by atoms with E-state index in [1.54, 1.807) is 33.8 Å². The quantitative estimate of drug-likeness (QED) is 0.0190. The fourth-order valence-corrected chi connectivity index (χ4v) is 10.8. The van der Waals surface area contributed by atoms with E-state index in [-0.39, 0.29) is 74.0 Å². The third-order valence-corrected chi connectivity index (χ3v) is 14.8. The van der Waals surface area contributed by atoms with E-state index in [4.69, 9.17) is 10.5 Å². The summed E-state index contributed by atoms with van der Waals surface area (Å²) in [5.41, 5.74) is 4.79. The number of nitrogens with two attached hydrogens (primary N) is 1. The molecule has 0 spiro atoms. The number of piperidine rings is 2. The van der Waals surface area contributed by atoms with Crippen LogP contribution in [0, 0.1) is 30.5 Å². The Kier molecular flexibility index (Phi) is 36.9. The van der Waals surface area contributed by atoms with Crippen molar-refractivity contribution >= 4 is 122 Å². The molecule has 0 saturated carbocycles. The number of halogens is 9. The number of amides is 4. The monoisotopic (exact) mass is 1480 g/mol. The second-order valence-electron chi connectivity index (χ2n) is 18.0. The maximum atomic E-state index is 13.6. The Morgan fingerprint density at radius 3 is 1.67 bits per heavy atom. The van der Waals surface area contributed by atoms with Crippen LogP contribution in [0.25, 0.3) is 0 Å². The number of nitrogens with one attached hydrogen (secondary N) is 2. The number of hydrogen-bond donors (Lipinski definition) is 3. The summed E-state index contributed by atoms with van der Waals surface area (Å²) in [5, 5.41) is 4.48. The molecule has 2 aromatic carbocycles. The molecule has 2 atom stereocenters. The Hall–Kier alpha value is -1.48. The number of benzene rings is 2. The number of likely N-dealkylation sites (N-methyl/N-ethyl adjacent to an activating group) is 1. The number of alkyl halides is 4. The van der Waals surface area contributed by atoms with Crippen LogP contribution < -0.4 is 25.8 Å². The zero-order chi connectivity index (χ0) is 55.6. The molecule has 2 saturated heterocycles. The average molecular weight is 1480 g/mol. The van der Waals surface area contributed by atoms with Gasteiger partial charge in [-0.25, -0.2) is 38.8 Å². The van der Waals surface area contributed by atoms with Crippen molar-refractivity contribution in [3.05, 3.63) is 54.7 Å². The van der Waals surface area contributed by atoms with Crippen molar-refractivity contribution in [2.24, 2.45) is 16.6 Å². The molecule has 4 rings (SSSR count). The van der Waals surface area contributed by atoms with Crippen molar-refractivity contribution in [3.8, 4) is 11.5 Å². The van der Waals surface area contributed by atoms with Crippen LogP contribution in [0.4, 0.5) is 22.0 Å². The Balaban J connectivity index is 0. The molecular weight excluding hydrogens is 1410 g/mol. The van der Waals surface area contributed by atoms with Gasteiger partial charge in [0.05, 0.1) is 33.4 Å². The van der Waals surface area contributed by atoms with Gasteiger partial charge in [-0.05, 0) is 99.7 Å². The second-order valence-corrected chi connectivity index (χ2v) is 57.3. The number of aryl methyl sites for hydroxylation is 1. The number of carbonyl (C=O) groups excluding carboxylic acids is 5. The topological polar surface area (TPSA) is 225 Å². The zero-order valence-electron chi connectivity index (χ0n) is 41.9. The molecule has 0 aromatic heterocycles. The van der Waals surface area contributed by atoms with Gasteiger partial charge in [-0.2, -0.15) is 6.92 Å². The van der Waals surface area contributed by atoms with Gasteiger partial charge in [-0.15, -0.1) is 12.4 Å². The van der Waals surface area contributed by atoms with E-state index in [2.05, 4.69) is 82.2 Å².